The lowest BCUT2D eigenvalue weighted by atomic mass is 9.87. The molecule has 0 bridgehead atoms. The van der Waals surface area contributed by atoms with E-state index in [2.05, 4.69) is 11.4 Å². The molecule has 0 aliphatic carbocycles. The minimum Gasteiger partial charge on any atom is -0.493 e. The Kier molecular flexibility index (Phi) is 4.33. The molecule has 0 saturated carbocycles. The van der Waals surface area contributed by atoms with E-state index in [9.17, 15) is 4.79 Å². The van der Waals surface area contributed by atoms with Gasteiger partial charge in [0.25, 0.3) is 0 Å². The molecule has 3 rings (SSSR count). The van der Waals surface area contributed by atoms with Crippen LogP contribution in [0.15, 0.2) is 24.3 Å². The molecule has 108 valence electrons. The zero-order chi connectivity index (χ0) is 13.8. The van der Waals surface area contributed by atoms with Crippen molar-refractivity contribution in [2.75, 3.05) is 26.3 Å². The second-order valence-corrected chi connectivity index (χ2v) is 5.52. The van der Waals surface area contributed by atoms with Gasteiger partial charge in [-0.1, -0.05) is 18.2 Å². The Labute approximate surface area is 119 Å². The van der Waals surface area contributed by atoms with Crippen molar-refractivity contribution in [2.24, 2.45) is 0 Å². The summed E-state index contributed by atoms with van der Waals surface area (Å²) in [7, 11) is 0. The molecule has 4 heteroatoms. The first-order valence-corrected chi connectivity index (χ1v) is 7.38. The van der Waals surface area contributed by atoms with Crippen LogP contribution in [0, 0.1) is 0 Å². The molecule has 1 saturated heterocycles. The van der Waals surface area contributed by atoms with E-state index >= 15 is 0 Å². The summed E-state index contributed by atoms with van der Waals surface area (Å²) in [5.74, 6) is 1.52. The molecule has 2 heterocycles. The summed E-state index contributed by atoms with van der Waals surface area (Å²) in [5.41, 5.74) is 1.18. The van der Waals surface area contributed by atoms with Crippen molar-refractivity contribution >= 4 is 5.78 Å². The molecule has 0 radical (unpaired) electrons. The van der Waals surface area contributed by atoms with Gasteiger partial charge < -0.3 is 14.8 Å². The molecule has 1 aromatic carbocycles. The molecule has 1 fully saturated rings. The fourth-order valence-electron chi connectivity index (χ4n) is 2.99. The van der Waals surface area contributed by atoms with E-state index in [-0.39, 0.29) is 6.10 Å². The van der Waals surface area contributed by atoms with E-state index in [4.69, 9.17) is 9.47 Å². The van der Waals surface area contributed by atoms with Gasteiger partial charge in [0.05, 0.1) is 19.3 Å². The van der Waals surface area contributed by atoms with Crippen molar-refractivity contribution in [2.45, 2.75) is 31.3 Å². The first kappa shape index (κ1) is 13.6. The number of ketones is 1. The number of hydrogen-bond acceptors (Lipinski definition) is 4. The SMILES string of the molecule is O=C(CC1CNCCO1)CC1CCOc2ccccc21. The lowest BCUT2D eigenvalue weighted by molar-refractivity contribution is -0.122. The molecule has 1 aromatic rings. The number of para-hydroxylation sites is 1. The zero-order valence-electron chi connectivity index (χ0n) is 11.6. The van der Waals surface area contributed by atoms with E-state index in [0.717, 1.165) is 25.3 Å². The number of ether oxygens (including phenoxy) is 2. The van der Waals surface area contributed by atoms with Crippen molar-refractivity contribution in [3.63, 3.8) is 0 Å². The monoisotopic (exact) mass is 275 g/mol. The maximum atomic E-state index is 12.2. The second kappa shape index (κ2) is 6.37. The summed E-state index contributed by atoms with van der Waals surface area (Å²) in [6.45, 7) is 3.09. The van der Waals surface area contributed by atoms with Crippen LogP contribution in [-0.2, 0) is 9.53 Å². The molecule has 20 heavy (non-hydrogen) atoms. The highest BCUT2D eigenvalue weighted by Gasteiger charge is 2.25. The Morgan fingerprint density at radius 3 is 3.00 bits per heavy atom. The Bertz CT molecular complexity index is 469. The lowest BCUT2D eigenvalue weighted by Crippen LogP contribution is -2.39. The summed E-state index contributed by atoms with van der Waals surface area (Å²) >= 11 is 0. The maximum absolute atomic E-state index is 12.2. The van der Waals surface area contributed by atoms with Gasteiger partial charge in [-0.2, -0.15) is 0 Å². The summed E-state index contributed by atoms with van der Waals surface area (Å²) < 4.78 is 11.2. The minimum atomic E-state index is 0.0475. The van der Waals surface area contributed by atoms with Crippen LogP contribution in [0.2, 0.25) is 0 Å². The Balaban J connectivity index is 1.59. The molecular weight excluding hydrogens is 254 g/mol. The van der Waals surface area contributed by atoms with Gasteiger partial charge in [-0.3, -0.25) is 4.79 Å². The normalized spacial score (nSPS) is 25.6. The number of nitrogens with one attached hydrogen (secondary N) is 1. The number of carbonyl (C=O) groups excluding carboxylic acids is 1. The number of benzene rings is 1. The van der Waals surface area contributed by atoms with Crippen molar-refractivity contribution in [1.29, 1.82) is 0 Å². The number of rotatable bonds is 4. The van der Waals surface area contributed by atoms with Crippen LogP contribution in [0.25, 0.3) is 0 Å². The largest absolute Gasteiger partial charge is 0.493 e. The van der Waals surface area contributed by atoms with E-state index in [1.165, 1.54) is 5.56 Å². The quantitative estimate of drug-likeness (QED) is 0.911. The Morgan fingerprint density at radius 1 is 1.25 bits per heavy atom. The van der Waals surface area contributed by atoms with Gasteiger partial charge in [-0.05, 0) is 24.0 Å². The van der Waals surface area contributed by atoms with E-state index in [0.29, 0.717) is 37.8 Å². The molecule has 2 unspecified atom stereocenters. The molecule has 1 N–H and O–H groups in total. The van der Waals surface area contributed by atoms with Crippen molar-refractivity contribution in [3.8, 4) is 5.75 Å². The van der Waals surface area contributed by atoms with Crippen LogP contribution in [0.5, 0.6) is 5.75 Å². The third-order valence-electron chi connectivity index (χ3n) is 4.02. The average molecular weight is 275 g/mol. The first-order valence-electron chi connectivity index (χ1n) is 7.38. The summed E-state index contributed by atoms with van der Waals surface area (Å²) in [4.78, 5) is 12.2. The standard InChI is InChI=1S/C16H21NO3/c18-13(10-14-11-17-6-8-19-14)9-12-5-7-20-16-4-2-1-3-15(12)16/h1-4,12,14,17H,5-11H2. The summed E-state index contributed by atoms with van der Waals surface area (Å²) in [5, 5.41) is 3.26. The third-order valence-corrected chi connectivity index (χ3v) is 4.02. The van der Waals surface area contributed by atoms with Crippen LogP contribution in [0.1, 0.15) is 30.7 Å². The number of carbonyl (C=O) groups is 1. The number of hydrogen-bond donors (Lipinski definition) is 1. The Morgan fingerprint density at radius 2 is 2.15 bits per heavy atom. The highest BCUT2D eigenvalue weighted by molar-refractivity contribution is 5.80. The third kappa shape index (κ3) is 3.19. The van der Waals surface area contributed by atoms with Gasteiger partial charge in [0.1, 0.15) is 11.5 Å². The summed E-state index contributed by atoms with van der Waals surface area (Å²) in [6.07, 6.45) is 2.09. The van der Waals surface area contributed by atoms with Gasteiger partial charge in [0.2, 0.25) is 0 Å². The Hall–Kier alpha value is -1.39. The fourth-order valence-corrected chi connectivity index (χ4v) is 2.99. The van der Waals surface area contributed by atoms with Crippen LogP contribution in [0.3, 0.4) is 0 Å². The van der Waals surface area contributed by atoms with Crippen molar-refractivity contribution < 1.29 is 14.3 Å². The predicted molar refractivity (Wildman–Crippen MR) is 76.1 cm³/mol. The number of Topliss-reactive ketones (excluding diaryl/α,β-unsaturated/α-hetero) is 1. The van der Waals surface area contributed by atoms with Gasteiger partial charge in [0.15, 0.2) is 0 Å². The van der Waals surface area contributed by atoms with E-state index < -0.39 is 0 Å². The second-order valence-electron chi connectivity index (χ2n) is 5.52. The van der Waals surface area contributed by atoms with Gasteiger partial charge in [0, 0.05) is 25.9 Å². The molecule has 2 atom stereocenters. The number of fused-ring (bicyclic) bond motifs is 1. The highest BCUT2D eigenvalue weighted by atomic mass is 16.5. The highest BCUT2D eigenvalue weighted by Crippen LogP contribution is 2.35. The van der Waals surface area contributed by atoms with Crippen LogP contribution < -0.4 is 10.1 Å². The lowest BCUT2D eigenvalue weighted by Gasteiger charge is -2.27. The molecule has 2 aliphatic heterocycles. The van der Waals surface area contributed by atoms with E-state index in [1.807, 2.05) is 18.2 Å². The summed E-state index contributed by atoms with van der Waals surface area (Å²) in [6, 6.07) is 8.05. The minimum absolute atomic E-state index is 0.0475. The van der Waals surface area contributed by atoms with Gasteiger partial charge in [-0.25, -0.2) is 0 Å². The fraction of sp³-hybridized carbons (Fsp3) is 0.562. The smallest absolute Gasteiger partial charge is 0.136 e. The zero-order valence-corrected chi connectivity index (χ0v) is 11.6. The predicted octanol–water partition coefficient (Wildman–Crippen LogP) is 1.89. The van der Waals surface area contributed by atoms with Crippen molar-refractivity contribution in [3.05, 3.63) is 29.8 Å². The maximum Gasteiger partial charge on any atom is 0.136 e. The molecular formula is C16H21NO3. The molecule has 0 spiro atoms. The van der Waals surface area contributed by atoms with Crippen LogP contribution >= 0.6 is 0 Å². The molecule has 2 aliphatic rings. The molecule has 0 amide bonds. The van der Waals surface area contributed by atoms with Crippen LogP contribution in [0.4, 0.5) is 0 Å². The van der Waals surface area contributed by atoms with Crippen LogP contribution in [-0.4, -0.2) is 38.2 Å². The van der Waals surface area contributed by atoms with Crippen molar-refractivity contribution in [1.82, 2.24) is 5.32 Å². The first-order chi connectivity index (χ1) is 9.83. The van der Waals surface area contributed by atoms with Gasteiger partial charge in [-0.15, -0.1) is 0 Å². The van der Waals surface area contributed by atoms with E-state index in [1.54, 1.807) is 0 Å². The molecule has 4 nitrogen and oxygen atoms in total. The topological polar surface area (TPSA) is 47.6 Å². The van der Waals surface area contributed by atoms with Gasteiger partial charge >= 0.3 is 0 Å². The number of morpholine rings is 1. The average Bonchev–Trinajstić information content (AvgIpc) is 2.48. The molecule has 0 aromatic heterocycles.